The number of hydrogen-bond donors (Lipinski definition) is 0. The Morgan fingerprint density at radius 2 is 1.50 bits per heavy atom. The van der Waals surface area contributed by atoms with E-state index >= 15 is 0 Å². The van der Waals surface area contributed by atoms with Gasteiger partial charge in [0.25, 0.3) is 0 Å². The molecule has 7 nitrogen and oxygen atoms in total. The Bertz CT molecular complexity index is 1180. The van der Waals surface area contributed by atoms with Gasteiger partial charge in [0.05, 0.1) is 13.0 Å². The van der Waals surface area contributed by atoms with Gasteiger partial charge in [0.15, 0.2) is 12.4 Å². The number of rotatable bonds is 8. The largest absolute Gasteiger partial charge is 0.497 e. The summed E-state index contributed by atoms with van der Waals surface area (Å²) in [5, 5.41) is 0. The number of amides is 1. The van der Waals surface area contributed by atoms with Crippen LogP contribution in [0.2, 0.25) is 0 Å². The summed E-state index contributed by atoms with van der Waals surface area (Å²) >= 11 is 0. The van der Waals surface area contributed by atoms with Crippen molar-refractivity contribution in [2.45, 2.75) is 6.42 Å². The first-order chi connectivity index (χ1) is 16.4. The van der Waals surface area contributed by atoms with Crippen molar-refractivity contribution in [1.29, 1.82) is 0 Å². The summed E-state index contributed by atoms with van der Waals surface area (Å²) in [5.41, 5.74) is 0.875. The van der Waals surface area contributed by atoms with Crippen molar-refractivity contribution in [1.82, 2.24) is 0 Å². The lowest BCUT2D eigenvalue weighted by molar-refractivity contribution is -0.147. The zero-order chi connectivity index (χ0) is 24.1. The number of halogens is 1. The number of hydrogen-bond acceptors (Lipinski definition) is 6. The predicted molar refractivity (Wildman–Crippen MR) is 122 cm³/mol. The highest BCUT2D eigenvalue weighted by Gasteiger charge is 2.36. The van der Waals surface area contributed by atoms with Crippen molar-refractivity contribution in [3.05, 3.63) is 84.2 Å². The van der Waals surface area contributed by atoms with Crippen LogP contribution in [0.15, 0.2) is 72.8 Å². The number of nitrogens with zero attached hydrogens (tertiary/aromatic N) is 1. The third-order valence-electron chi connectivity index (χ3n) is 5.41. The van der Waals surface area contributed by atoms with Gasteiger partial charge in [-0.15, -0.1) is 0 Å². The van der Waals surface area contributed by atoms with Gasteiger partial charge in [-0.25, -0.2) is 4.39 Å². The Morgan fingerprint density at radius 1 is 0.912 bits per heavy atom. The second-order valence-corrected chi connectivity index (χ2v) is 7.71. The lowest BCUT2D eigenvalue weighted by atomic mass is 10.1. The predicted octanol–water partition coefficient (Wildman–Crippen LogP) is 4.41. The molecule has 1 amide bonds. The number of carbonyl (C=O) groups excluding carboxylic acids is 3. The van der Waals surface area contributed by atoms with E-state index in [9.17, 15) is 18.8 Å². The van der Waals surface area contributed by atoms with Crippen LogP contribution in [0.1, 0.15) is 16.8 Å². The molecule has 1 aliphatic heterocycles. The number of anilines is 1. The molecule has 1 fully saturated rings. The van der Waals surface area contributed by atoms with Crippen molar-refractivity contribution in [2.24, 2.45) is 5.92 Å². The van der Waals surface area contributed by atoms with Crippen LogP contribution in [-0.2, 0) is 14.3 Å². The van der Waals surface area contributed by atoms with Gasteiger partial charge in [-0.3, -0.25) is 14.4 Å². The molecule has 1 atom stereocenters. The summed E-state index contributed by atoms with van der Waals surface area (Å²) in [4.78, 5) is 38.5. The van der Waals surface area contributed by atoms with Crippen molar-refractivity contribution < 1.29 is 33.0 Å². The molecular formula is C26H22FNO6. The molecule has 0 radical (unpaired) electrons. The monoisotopic (exact) mass is 463 g/mol. The SMILES string of the molecule is COc1ccc(Oc2ccc(N3CC(C(=O)OCC(=O)c4ccc(F)cc4)CC3=O)cc2)cc1. The van der Waals surface area contributed by atoms with Crippen LogP contribution in [-0.4, -0.2) is 37.9 Å². The number of carbonyl (C=O) groups is 3. The first-order valence-electron chi connectivity index (χ1n) is 10.6. The van der Waals surface area contributed by atoms with Crippen LogP contribution < -0.4 is 14.4 Å². The van der Waals surface area contributed by atoms with Crippen LogP contribution in [0.4, 0.5) is 10.1 Å². The van der Waals surface area contributed by atoms with E-state index in [0.717, 1.165) is 17.9 Å². The molecule has 0 aliphatic carbocycles. The van der Waals surface area contributed by atoms with Crippen molar-refractivity contribution in [3.8, 4) is 17.2 Å². The Balaban J connectivity index is 1.32. The number of ketones is 1. The Labute approximate surface area is 195 Å². The molecule has 34 heavy (non-hydrogen) atoms. The molecule has 0 saturated carbocycles. The normalized spacial score (nSPS) is 15.2. The Hall–Kier alpha value is -4.20. The number of methoxy groups -OCH3 is 1. The van der Waals surface area contributed by atoms with E-state index in [1.165, 1.54) is 17.0 Å². The molecule has 174 valence electrons. The van der Waals surface area contributed by atoms with E-state index in [1.54, 1.807) is 55.6 Å². The quantitative estimate of drug-likeness (QED) is 0.364. The van der Waals surface area contributed by atoms with E-state index in [1.807, 2.05) is 0 Å². The molecule has 0 aromatic heterocycles. The average Bonchev–Trinajstić information content (AvgIpc) is 3.25. The van der Waals surface area contributed by atoms with Crippen LogP contribution >= 0.6 is 0 Å². The molecule has 0 spiro atoms. The number of benzene rings is 3. The molecule has 1 unspecified atom stereocenters. The molecule has 0 bridgehead atoms. The number of ether oxygens (including phenoxy) is 3. The molecule has 3 aromatic carbocycles. The second-order valence-electron chi connectivity index (χ2n) is 7.71. The summed E-state index contributed by atoms with van der Waals surface area (Å²) in [6, 6.07) is 19.1. The molecule has 1 heterocycles. The van der Waals surface area contributed by atoms with Crippen LogP contribution in [0, 0.1) is 11.7 Å². The minimum absolute atomic E-state index is 0.00628. The summed E-state index contributed by atoms with van der Waals surface area (Å²) < 4.78 is 29.0. The standard InChI is InChI=1S/C26H22FNO6/c1-32-21-10-12-23(13-11-21)34-22-8-6-20(7-9-22)28-15-18(14-25(28)30)26(31)33-16-24(29)17-2-4-19(27)5-3-17/h2-13,18H,14-16H2,1H3. The van der Waals surface area contributed by atoms with Gasteiger partial charge >= 0.3 is 5.97 Å². The first kappa shape index (κ1) is 23.0. The lowest BCUT2D eigenvalue weighted by Gasteiger charge is -2.17. The highest BCUT2D eigenvalue weighted by Crippen LogP contribution is 2.29. The number of Topliss-reactive ketones (excluding diaryl/α,β-unsaturated/α-hetero) is 1. The third kappa shape index (κ3) is 5.40. The van der Waals surface area contributed by atoms with Crippen LogP contribution in [0.5, 0.6) is 17.2 Å². The van der Waals surface area contributed by atoms with Crippen molar-refractivity contribution >= 4 is 23.3 Å². The lowest BCUT2D eigenvalue weighted by Crippen LogP contribution is -2.27. The van der Waals surface area contributed by atoms with Gasteiger partial charge in [-0.05, 0) is 72.8 Å². The maximum atomic E-state index is 13.0. The van der Waals surface area contributed by atoms with Gasteiger partial charge < -0.3 is 19.1 Å². The van der Waals surface area contributed by atoms with Gasteiger partial charge in [0.1, 0.15) is 23.1 Å². The highest BCUT2D eigenvalue weighted by atomic mass is 19.1. The molecule has 4 rings (SSSR count). The first-order valence-corrected chi connectivity index (χ1v) is 10.6. The molecule has 8 heteroatoms. The Morgan fingerprint density at radius 3 is 2.12 bits per heavy atom. The van der Waals surface area contributed by atoms with E-state index in [-0.39, 0.29) is 24.4 Å². The smallest absolute Gasteiger partial charge is 0.311 e. The average molecular weight is 463 g/mol. The minimum Gasteiger partial charge on any atom is -0.497 e. The van der Waals surface area contributed by atoms with Crippen LogP contribution in [0.25, 0.3) is 0 Å². The fraction of sp³-hybridized carbons (Fsp3) is 0.192. The summed E-state index contributed by atoms with van der Waals surface area (Å²) in [5.74, 6) is -0.451. The Kier molecular flexibility index (Phi) is 6.87. The van der Waals surface area contributed by atoms with E-state index in [4.69, 9.17) is 14.2 Å². The maximum absolute atomic E-state index is 13.0. The van der Waals surface area contributed by atoms with Gasteiger partial charge in [0, 0.05) is 24.2 Å². The van der Waals surface area contributed by atoms with E-state index in [2.05, 4.69) is 0 Å². The summed E-state index contributed by atoms with van der Waals surface area (Å²) in [6.45, 7) is -0.312. The van der Waals surface area contributed by atoms with Crippen molar-refractivity contribution in [3.63, 3.8) is 0 Å². The summed E-state index contributed by atoms with van der Waals surface area (Å²) in [7, 11) is 1.59. The van der Waals surface area contributed by atoms with Gasteiger partial charge in [0.2, 0.25) is 5.91 Å². The van der Waals surface area contributed by atoms with E-state index < -0.39 is 30.1 Å². The molecular weight excluding hydrogens is 441 g/mol. The topological polar surface area (TPSA) is 82.1 Å². The zero-order valence-corrected chi connectivity index (χ0v) is 18.4. The number of esters is 1. The van der Waals surface area contributed by atoms with E-state index in [0.29, 0.717) is 17.2 Å². The van der Waals surface area contributed by atoms with Gasteiger partial charge in [-0.1, -0.05) is 0 Å². The fourth-order valence-corrected chi connectivity index (χ4v) is 3.56. The molecule has 0 N–H and O–H groups in total. The molecule has 1 aliphatic rings. The zero-order valence-electron chi connectivity index (χ0n) is 18.4. The second kappa shape index (κ2) is 10.2. The van der Waals surface area contributed by atoms with Crippen LogP contribution in [0.3, 0.4) is 0 Å². The third-order valence-corrected chi connectivity index (χ3v) is 5.41. The highest BCUT2D eigenvalue weighted by molar-refractivity contribution is 6.01. The summed E-state index contributed by atoms with van der Waals surface area (Å²) in [6.07, 6.45) is -0.00628. The van der Waals surface area contributed by atoms with Crippen molar-refractivity contribution in [2.75, 3.05) is 25.2 Å². The van der Waals surface area contributed by atoms with Gasteiger partial charge in [-0.2, -0.15) is 0 Å². The minimum atomic E-state index is -0.677. The molecule has 1 saturated heterocycles. The molecule has 3 aromatic rings. The fourth-order valence-electron chi connectivity index (χ4n) is 3.56. The maximum Gasteiger partial charge on any atom is 0.311 e.